The highest BCUT2D eigenvalue weighted by Crippen LogP contribution is 2.29. The number of carbonyl (C=O) groups excluding carboxylic acids is 1. The molecule has 1 fully saturated rings. The van der Waals surface area contributed by atoms with E-state index < -0.39 is 0 Å². The number of anilines is 1. The van der Waals surface area contributed by atoms with Gasteiger partial charge in [-0.05, 0) is 30.9 Å². The van der Waals surface area contributed by atoms with Crippen LogP contribution in [0.15, 0.2) is 36.8 Å². The topological polar surface area (TPSA) is 120 Å². The summed E-state index contributed by atoms with van der Waals surface area (Å²) in [5, 5.41) is 15.3. The number of nitrogens with one attached hydrogen (secondary N) is 2. The molecule has 166 valence electrons. The minimum atomic E-state index is -0.273. The molecule has 1 saturated heterocycles. The largest absolute Gasteiger partial charge is 0.378 e. The molecule has 0 spiro atoms. The molecule has 4 heterocycles. The molecule has 33 heavy (non-hydrogen) atoms. The zero-order chi connectivity index (χ0) is 22.9. The van der Waals surface area contributed by atoms with Crippen molar-refractivity contribution in [3.05, 3.63) is 59.3 Å². The van der Waals surface area contributed by atoms with E-state index in [4.69, 9.17) is 9.72 Å². The summed E-state index contributed by atoms with van der Waals surface area (Å²) in [6.45, 7) is 6.11. The average molecular weight is 441 g/mol. The molecule has 0 unspecified atom stereocenters. The van der Waals surface area contributed by atoms with Crippen LogP contribution in [0.4, 0.5) is 5.82 Å². The predicted molar refractivity (Wildman–Crippen MR) is 124 cm³/mol. The third kappa shape index (κ3) is 3.75. The molecule has 1 aromatic carbocycles. The molecule has 3 aromatic heterocycles. The highest BCUT2D eigenvalue weighted by Gasteiger charge is 2.24. The lowest BCUT2D eigenvalue weighted by molar-refractivity contribution is 0.0300. The molecular formula is C24H23N7O2. The third-order valence-corrected chi connectivity index (χ3v) is 5.97. The molecule has 2 N–H and O–H groups in total. The van der Waals surface area contributed by atoms with Crippen LogP contribution in [0.3, 0.4) is 0 Å². The summed E-state index contributed by atoms with van der Waals surface area (Å²) in [7, 11) is 0. The molecular weight excluding hydrogens is 418 g/mol. The van der Waals surface area contributed by atoms with Crippen LogP contribution in [0.5, 0.6) is 0 Å². The zero-order valence-corrected chi connectivity index (χ0v) is 18.4. The molecule has 0 aliphatic carbocycles. The number of aromatic amines is 1. The fourth-order valence-corrected chi connectivity index (χ4v) is 4.24. The number of benzene rings is 1. The second-order valence-electron chi connectivity index (χ2n) is 8.10. The molecule has 1 aliphatic rings. The zero-order valence-electron chi connectivity index (χ0n) is 18.4. The Kier molecular flexibility index (Phi) is 5.36. The Hall–Kier alpha value is -4.03. The summed E-state index contributed by atoms with van der Waals surface area (Å²) < 4.78 is 5.41. The SMILES string of the molecule is Cc1cccc2cc([C@H](C)Nc3ncnc4[nH]cc(C#N)c34)nc(C(=O)N3CCOCC3)c12. The minimum absolute atomic E-state index is 0.0894. The van der Waals surface area contributed by atoms with Crippen LogP contribution < -0.4 is 5.32 Å². The maximum Gasteiger partial charge on any atom is 0.273 e. The Morgan fingerprint density at radius 3 is 2.88 bits per heavy atom. The van der Waals surface area contributed by atoms with Crippen LogP contribution in [0.1, 0.15) is 40.3 Å². The number of aromatic nitrogens is 4. The van der Waals surface area contributed by atoms with Crippen LogP contribution in [0.25, 0.3) is 21.8 Å². The molecule has 5 rings (SSSR count). The Labute approximate surface area is 190 Å². The minimum Gasteiger partial charge on any atom is -0.378 e. The number of aryl methyl sites for hydroxylation is 1. The molecule has 1 amide bonds. The molecule has 1 aliphatic heterocycles. The van der Waals surface area contributed by atoms with E-state index >= 15 is 0 Å². The lowest BCUT2D eigenvalue weighted by Gasteiger charge is -2.27. The van der Waals surface area contributed by atoms with Gasteiger partial charge in [-0.1, -0.05) is 18.2 Å². The second kappa shape index (κ2) is 8.48. The van der Waals surface area contributed by atoms with E-state index in [-0.39, 0.29) is 11.9 Å². The van der Waals surface area contributed by atoms with Crippen molar-refractivity contribution >= 4 is 33.5 Å². The first-order valence-corrected chi connectivity index (χ1v) is 10.8. The molecule has 0 saturated carbocycles. The number of fused-ring (bicyclic) bond motifs is 2. The van der Waals surface area contributed by atoms with Gasteiger partial charge in [0.25, 0.3) is 5.91 Å². The summed E-state index contributed by atoms with van der Waals surface area (Å²) in [5.74, 6) is 0.450. The first kappa shape index (κ1) is 20.8. The van der Waals surface area contributed by atoms with E-state index in [1.54, 1.807) is 11.1 Å². The lowest BCUT2D eigenvalue weighted by atomic mass is 10.0. The Balaban J connectivity index is 1.57. The van der Waals surface area contributed by atoms with Gasteiger partial charge in [0.15, 0.2) is 0 Å². The third-order valence-electron chi connectivity index (χ3n) is 5.97. The number of nitriles is 1. The van der Waals surface area contributed by atoms with Gasteiger partial charge >= 0.3 is 0 Å². The highest BCUT2D eigenvalue weighted by molar-refractivity contribution is 6.06. The molecule has 0 bridgehead atoms. The summed E-state index contributed by atoms with van der Waals surface area (Å²) in [5.41, 5.74) is 3.22. The van der Waals surface area contributed by atoms with E-state index in [0.717, 1.165) is 16.3 Å². The van der Waals surface area contributed by atoms with Gasteiger partial charge < -0.3 is 19.9 Å². The van der Waals surface area contributed by atoms with E-state index in [1.807, 2.05) is 38.1 Å². The normalized spacial score (nSPS) is 14.9. The number of hydrogen-bond acceptors (Lipinski definition) is 7. The van der Waals surface area contributed by atoms with Crippen molar-refractivity contribution in [1.29, 1.82) is 5.26 Å². The van der Waals surface area contributed by atoms with Gasteiger partial charge in [-0.15, -0.1) is 0 Å². The number of ether oxygens (including phenoxy) is 1. The fraction of sp³-hybridized carbons (Fsp3) is 0.292. The molecule has 9 nitrogen and oxygen atoms in total. The Bertz CT molecular complexity index is 1400. The number of nitrogens with zero attached hydrogens (tertiary/aromatic N) is 5. The Morgan fingerprint density at radius 2 is 2.09 bits per heavy atom. The van der Waals surface area contributed by atoms with E-state index in [2.05, 4.69) is 26.3 Å². The van der Waals surface area contributed by atoms with Gasteiger partial charge in [-0.3, -0.25) is 4.79 Å². The van der Waals surface area contributed by atoms with Crippen LogP contribution in [-0.2, 0) is 4.74 Å². The van der Waals surface area contributed by atoms with Gasteiger partial charge in [0.05, 0.1) is 35.9 Å². The summed E-state index contributed by atoms with van der Waals surface area (Å²) in [6.07, 6.45) is 3.06. The second-order valence-corrected chi connectivity index (χ2v) is 8.10. The number of carbonyl (C=O) groups is 1. The summed E-state index contributed by atoms with van der Waals surface area (Å²) >= 11 is 0. The van der Waals surface area contributed by atoms with Crippen molar-refractivity contribution in [3.63, 3.8) is 0 Å². The van der Waals surface area contributed by atoms with Gasteiger partial charge in [0.2, 0.25) is 0 Å². The van der Waals surface area contributed by atoms with Gasteiger partial charge in [-0.25, -0.2) is 15.0 Å². The standard InChI is InChI=1S/C24H23N7O2/c1-14-4-3-5-16-10-18(30-21(19(14)16)24(32)31-6-8-33-9-7-31)15(2)29-23-20-17(11-25)12-26-22(20)27-13-28-23/h3-5,10,12-13,15H,6-9H2,1-2H3,(H2,26,27,28,29)/t15-/m0/s1. The number of rotatable bonds is 4. The van der Waals surface area contributed by atoms with Crippen LogP contribution in [-0.4, -0.2) is 57.0 Å². The smallest absolute Gasteiger partial charge is 0.273 e. The highest BCUT2D eigenvalue weighted by atomic mass is 16.5. The van der Waals surface area contributed by atoms with Crippen molar-refractivity contribution in [3.8, 4) is 6.07 Å². The Morgan fingerprint density at radius 1 is 1.27 bits per heavy atom. The molecule has 1 atom stereocenters. The summed E-state index contributed by atoms with van der Waals surface area (Å²) in [6, 6.07) is 9.87. The molecule has 4 aromatic rings. The van der Waals surface area contributed by atoms with E-state index in [9.17, 15) is 10.1 Å². The summed E-state index contributed by atoms with van der Waals surface area (Å²) in [4.78, 5) is 31.6. The number of pyridine rings is 1. The lowest BCUT2D eigenvalue weighted by Crippen LogP contribution is -2.41. The van der Waals surface area contributed by atoms with Gasteiger partial charge in [0, 0.05) is 24.7 Å². The first-order valence-electron chi connectivity index (χ1n) is 10.8. The average Bonchev–Trinajstić information content (AvgIpc) is 3.28. The van der Waals surface area contributed by atoms with Crippen molar-refractivity contribution < 1.29 is 9.53 Å². The van der Waals surface area contributed by atoms with E-state index in [1.165, 1.54) is 6.33 Å². The van der Waals surface area contributed by atoms with Crippen molar-refractivity contribution in [2.24, 2.45) is 0 Å². The van der Waals surface area contributed by atoms with Gasteiger partial charge in [-0.2, -0.15) is 5.26 Å². The monoisotopic (exact) mass is 441 g/mol. The maximum absolute atomic E-state index is 13.4. The molecule has 0 radical (unpaired) electrons. The van der Waals surface area contributed by atoms with Crippen LogP contribution in [0.2, 0.25) is 0 Å². The van der Waals surface area contributed by atoms with Crippen LogP contribution >= 0.6 is 0 Å². The van der Waals surface area contributed by atoms with E-state index in [0.29, 0.717) is 60.1 Å². The first-order chi connectivity index (χ1) is 16.1. The number of hydrogen-bond donors (Lipinski definition) is 2. The van der Waals surface area contributed by atoms with Crippen molar-refractivity contribution in [2.45, 2.75) is 19.9 Å². The number of morpholine rings is 1. The maximum atomic E-state index is 13.4. The van der Waals surface area contributed by atoms with Crippen LogP contribution in [0, 0.1) is 18.3 Å². The number of H-pyrrole nitrogens is 1. The predicted octanol–water partition coefficient (Wildman–Crippen LogP) is 3.33. The quantitative estimate of drug-likeness (QED) is 0.498. The van der Waals surface area contributed by atoms with Gasteiger partial charge in [0.1, 0.15) is 29.6 Å². The molecule has 9 heteroatoms. The van der Waals surface area contributed by atoms with Crippen molar-refractivity contribution in [1.82, 2.24) is 24.8 Å². The van der Waals surface area contributed by atoms with Crippen molar-refractivity contribution in [2.75, 3.05) is 31.6 Å². The fourth-order valence-electron chi connectivity index (χ4n) is 4.24. The number of amides is 1.